The summed E-state index contributed by atoms with van der Waals surface area (Å²) in [6.45, 7) is 5.23. The number of anilines is 2. The van der Waals surface area contributed by atoms with E-state index in [-0.39, 0.29) is 24.6 Å². The van der Waals surface area contributed by atoms with Crippen LogP contribution in [0, 0.1) is 6.92 Å². The average Bonchev–Trinajstić information content (AvgIpc) is 3.21. The fourth-order valence-corrected chi connectivity index (χ4v) is 4.79. The number of nitrogens with one attached hydrogen (secondary N) is 1. The lowest BCUT2D eigenvalue weighted by molar-refractivity contribution is -0.127. The Morgan fingerprint density at radius 2 is 1.94 bits per heavy atom. The second kappa shape index (κ2) is 9.87. The molecule has 1 atom stereocenters. The Hall–Kier alpha value is -3.36. The summed E-state index contributed by atoms with van der Waals surface area (Å²) in [4.78, 5) is 40.0. The molecule has 0 saturated heterocycles. The van der Waals surface area contributed by atoms with Gasteiger partial charge in [0.15, 0.2) is 6.10 Å². The van der Waals surface area contributed by atoms with Crippen LogP contribution in [-0.4, -0.2) is 37.0 Å². The maximum absolute atomic E-state index is 13.0. The summed E-state index contributed by atoms with van der Waals surface area (Å²) in [5, 5.41) is 5.51. The normalized spacial score (nSPS) is 14.9. The van der Waals surface area contributed by atoms with E-state index >= 15 is 0 Å². The zero-order valence-corrected chi connectivity index (χ0v) is 20.5. The van der Waals surface area contributed by atoms with Crippen LogP contribution in [-0.2, 0) is 14.3 Å². The first-order valence-corrected chi connectivity index (χ1v) is 12.0. The van der Waals surface area contributed by atoms with Crippen molar-refractivity contribution in [2.45, 2.75) is 26.9 Å². The summed E-state index contributed by atoms with van der Waals surface area (Å²) in [5.41, 5.74) is 3.14. The highest BCUT2D eigenvalue weighted by molar-refractivity contribution is 7.15. The van der Waals surface area contributed by atoms with Crippen LogP contribution in [0.4, 0.5) is 10.7 Å². The van der Waals surface area contributed by atoms with Gasteiger partial charge < -0.3 is 14.8 Å². The molecule has 2 heterocycles. The molecule has 1 N–H and O–H groups in total. The number of carbonyl (C=O) groups is 3. The summed E-state index contributed by atoms with van der Waals surface area (Å²) >= 11 is 7.21. The monoisotopic (exact) mass is 498 g/mol. The zero-order chi connectivity index (χ0) is 24.4. The molecule has 1 aliphatic heterocycles. The number of hydrogen-bond donors (Lipinski definition) is 1. The Labute approximate surface area is 206 Å². The Bertz CT molecular complexity index is 1250. The topological polar surface area (TPSA) is 84.9 Å². The lowest BCUT2D eigenvalue weighted by atomic mass is 10.0. The van der Waals surface area contributed by atoms with Crippen LogP contribution in [0.2, 0.25) is 5.02 Å². The van der Waals surface area contributed by atoms with Gasteiger partial charge in [0, 0.05) is 16.0 Å². The smallest absolute Gasteiger partial charge is 0.341 e. The number of benzene rings is 2. The maximum atomic E-state index is 13.0. The van der Waals surface area contributed by atoms with Gasteiger partial charge in [-0.2, -0.15) is 0 Å². The van der Waals surface area contributed by atoms with Gasteiger partial charge in [0.2, 0.25) is 5.91 Å². The average molecular weight is 499 g/mol. The number of carbonyl (C=O) groups excluding carboxylic acids is 3. The number of ether oxygens (including phenoxy) is 2. The summed E-state index contributed by atoms with van der Waals surface area (Å²) < 4.78 is 10.9. The number of halogens is 1. The molecule has 0 spiro atoms. The molecule has 34 heavy (non-hydrogen) atoms. The highest BCUT2D eigenvalue weighted by Crippen LogP contribution is 2.38. The van der Waals surface area contributed by atoms with Gasteiger partial charge in [-0.1, -0.05) is 29.8 Å². The summed E-state index contributed by atoms with van der Waals surface area (Å²) in [7, 11) is 0. The van der Waals surface area contributed by atoms with Crippen LogP contribution in [0.15, 0.2) is 47.8 Å². The molecule has 0 fully saturated rings. The first-order chi connectivity index (χ1) is 16.3. The fraction of sp³-hybridized carbons (Fsp3) is 0.240. The van der Waals surface area contributed by atoms with Crippen LogP contribution in [0.25, 0.3) is 11.1 Å². The quantitative estimate of drug-likeness (QED) is 0.466. The van der Waals surface area contributed by atoms with Crippen molar-refractivity contribution in [2.75, 3.05) is 23.4 Å². The molecule has 7 nitrogen and oxygen atoms in total. The number of amides is 2. The van der Waals surface area contributed by atoms with E-state index in [0.29, 0.717) is 27.0 Å². The van der Waals surface area contributed by atoms with Crippen LogP contribution in [0.5, 0.6) is 5.75 Å². The molecule has 1 aromatic heterocycles. The minimum absolute atomic E-state index is 0.193. The van der Waals surface area contributed by atoms with Crippen LogP contribution < -0.4 is 15.0 Å². The Kier molecular flexibility index (Phi) is 6.90. The summed E-state index contributed by atoms with van der Waals surface area (Å²) in [5.74, 6) is -0.753. The maximum Gasteiger partial charge on any atom is 0.341 e. The first-order valence-electron chi connectivity index (χ1n) is 10.7. The van der Waals surface area contributed by atoms with Crippen LogP contribution >= 0.6 is 22.9 Å². The van der Waals surface area contributed by atoms with E-state index in [9.17, 15) is 14.4 Å². The van der Waals surface area contributed by atoms with E-state index in [1.165, 1.54) is 16.2 Å². The van der Waals surface area contributed by atoms with Gasteiger partial charge in [-0.3, -0.25) is 14.5 Å². The first kappa shape index (κ1) is 23.8. The predicted octanol–water partition coefficient (Wildman–Crippen LogP) is 5.31. The third kappa shape index (κ3) is 4.78. The largest absolute Gasteiger partial charge is 0.479 e. The van der Waals surface area contributed by atoms with Gasteiger partial charge in [0.1, 0.15) is 22.9 Å². The number of nitrogens with zero attached hydrogens (tertiary/aromatic N) is 1. The van der Waals surface area contributed by atoms with E-state index < -0.39 is 18.0 Å². The predicted molar refractivity (Wildman–Crippen MR) is 133 cm³/mol. The molecule has 0 aliphatic carbocycles. The number of esters is 1. The van der Waals surface area contributed by atoms with Crippen LogP contribution in [0.1, 0.15) is 29.8 Å². The Morgan fingerprint density at radius 1 is 1.21 bits per heavy atom. The molecule has 0 bridgehead atoms. The minimum Gasteiger partial charge on any atom is -0.479 e. The van der Waals surface area contributed by atoms with E-state index in [0.717, 1.165) is 11.1 Å². The molecule has 3 aromatic rings. The van der Waals surface area contributed by atoms with Crippen molar-refractivity contribution in [3.8, 4) is 16.9 Å². The number of hydrogen-bond acceptors (Lipinski definition) is 6. The summed E-state index contributed by atoms with van der Waals surface area (Å²) in [6, 6.07) is 12.5. The van der Waals surface area contributed by atoms with Crippen LogP contribution in [0.3, 0.4) is 0 Å². The SMILES string of the molecule is CCOC(=O)c1c(-c2ccc(Cl)cc2)csc1NC(=O)CN1C(=O)C(C)Oc2ccc(C)cc21. The highest BCUT2D eigenvalue weighted by Gasteiger charge is 2.33. The van der Waals surface area contributed by atoms with Crippen molar-refractivity contribution in [3.05, 3.63) is 64.0 Å². The van der Waals surface area contributed by atoms with Crippen molar-refractivity contribution in [3.63, 3.8) is 0 Å². The molecule has 4 rings (SSSR count). The molecule has 1 unspecified atom stereocenters. The molecule has 176 valence electrons. The second-order valence-electron chi connectivity index (χ2n) is 7.78. The molecular formula is C25H23ClN2O5S. The molecule has 1 aliphatic rings. The van der Waals surface area contributed by atoms with Gasteiger partial charge >= 0.3 is 5.97 Å². The lowest BCUT2D eigenvalue weighted by Crippen LogP contribution is -2.47. The third-order valence-electron chi connectivity index (χ3n) is 5.30. The number of aryl methyl sites for hydroxylation is 1. The van der Waals surface area contributed by atoms with Gasteiger partial charge in [-0.25, -0.2) is 4.79 Å². The van der Waals surface area contributed by atoms with E-state index in [1.54, 1.807) is 55.6 Å². The molecular weight excluding hydrogens is 476 g/mol. The Morgan fingerprint density at radius 3 is 2.65 bits per heavy atom. The number of rotatable bonds is 6. The number of thiophene rings is 1. The molecule has 9 heteroatoms. The van der Waals surface area contributed by atoms with Crippen molar-refractivity contribution in [1.29, 1.82) is 0 Å². The van der Waals surface area contributed by atoms with Crippen molar-refractivity contribution in [2.24, 2.45) is 0 Å². The zero-order valence-electron chi connectivity index (χ0n) is 18.9. The Balaban J connectivity index is 1.62. The molecule has 2 aromatic carbocycles. The highest BCUT2D eigenvalue weighted by atomic mass is 35.5. The summed E-state index contributed by atoms with van der Waals surface area (Å²) in [6.07, 6.45) is -0.712. The number of fused-ring (bicyclic) bond motifs is 1. The van der Waals surface area contributed by atoms with Crippen molar-refractivity contribution < 1.29 is 23.9 Å². The fourth-order valence-electron chi connectivity index (χ4n) is 3.69. The second-order valence-corrected chi connectivity index (χ2v) is 9.10. The van der Waals surface area contributed by atoms with Gasteiger partial charge in [0.25, 0.3) is 5.91 Å². The lowest BCUT2D eigenvalue weighted by Gasteiger charge is -2.32. The van der Waals surface area contributed by atoms with Gasteiger partial charge in [-0.05, 0) is 56.2 Å². The van der Waals surface area contributed by atoms with Gasteiger partial charge in [0.05, 0.1) is 12.3 Å². The standard InChI is InChI=1S/C25H23ClN2O5S/c1-4-32-25(31)22-18(16-6-8-17(26)9-7-16)13-34-23(22)27-21(29)12-28-19-11-14(2)5-10-20(19)33-15(3)24(28)30/h5-11,13,15H,4,12H2,1-3H3,(H,27,29). The molecule has 2 amide bonds. The van der Waals surface area contributed by atoms with Crippen molar-refractivity contribution >= 4 is 51.4 Å². The van der Waals surface area contributed by atoms with Gasteiger partial charge in [-0.15, -0.1) is 11.3 Å². The molecule has 0 radical (unpaired) electrons. The van der Waals surface area contributed by atoms with E-state index in [1.807, 2.05) is 13.0 Å². The minimum atomic E-state index is -0.712. The van der Waals surface area contributed by atoms with E-state index in [2.05, 4.69) is 5.32 Å². The third-order valence-corrected chi connectivity index (χ3v) is 6.45. The van der Waals surface area contributed by atoms with E-state index in [4.69, 9.17) is 21.1 Å². The molecule has 0 saturated carbocycles. The van der Waals surface area contributed by atoms with Crippen molar-refractivity contribution in [1.82, 2.24) is 0 Å².